The molecule has 0 aliphatic carbocycles. The molecule has 0 atom stereocenters. The molecule has 20 heavy (non-hydrogen) atoms. The fourth-order valence-corrected chi connectivity index (χ4v) is 1.68. The van der Waals surface area contributed by atoms with E-state index in [0.717, 1.165) is 0 Å². The maximum atomic E-state index is 12.0. The van der Waals surface area contributed by atoms with Gasteiger partial charge in [0, 0.05) is 13.0 Å². The summed E-state index contributed by atoms with van der Waals surface area (Å²) in [6.45, 7) is 0.352. The zero-order valence-corrected chi connectivity index (χ0v) is 11.1. The molecule has 1 aromatic carbocycles. The van der Waals surface area contributed by atoms with Crippen LogP contribution in [0.4, 0.5) is 24.5 Å². The van der Waals surface area contributed by atoms with Crippen LogP contribution in [-0.4, -0.2) is 25.8 Å². The zero-order valence-electron chi connectivity index (χ0n) is 11.1. The highest BCUT2D eigenvalue weighted by Gasteiger charge is 2.25. The van der Waals surface area contributed by atoms with Gasteiger partial charge in [0.05, 0.1) is 24.0 Å². The first kappa shape index (κ1) is 16.1. The van der Waals surface area contributed by atoms with Gasteiger partial charge in [-0.15, -0.1) is 0 Å². The number of halogens is 3. The Morgan fingerprint density at radius 2 is 2.05 bits per heavy atom. The number of para-hydroxylation sites is 1. The fraction of sp³-hybridized carbons (Fsp3) is 0.462. The lowest BCUT2D eigenvalue weighted by molar-refractivity contribution is -0.135. The summed E-state index contributed by atoms with van der Waals surface area (Å²) in [6, 6.07) is 4.81. The number of nitrogens with two attached hydrogens (primary N) is 1. The van der Waals surface area contributed by atoms with Gasteiger partial charge >= 0.3 is 12.1 Å². The number of methoxy groups -OCH3 is 1. The third kappa shape index (κ3) is 4.99. The molecule has 112 valence electrons. The van der Waals surface area contributed by atoms with E-state index in [0.29, 0.717) is 18.7 Å². The molecule has 4 nitrogen and oxygen atoms in total. The van der Waals surface area contributed by atoms with Crippen LogP contribution >= 0.6 is 0 Å². The van der Waals surface area contributed by atoms with Gasteiger partial charge in [0.25, 0.3) is 0 Å². The van der Waals surface area contributed by atoms with Gasteiger partial charge in [-0.25, -0.2) is 4.79 Å². The van der Waals surface area contributed by atoms with Crippen molar-refractivity contribution in [3.8, 4) is 0 Å². The van der Waals surface area contributed by atoms with E-state index in [1.54, 1.807) is 12.1 Å². The molecule has 0 bridgehead atoms. The maximum absolute atomic E-state index is 12.0. The Labute approximate surface area is 115 Å². The van der Waals surface area contributed by atoms with Crippen LogP contribution in [0.15, 0.2) is 18.2 Å². The van der Waals surface area contributed by atoms with E-state index in [-0.39, 0.29) is 17.7 Å². The summed E-state index contributed by atoms with van der Waals surface area (Å²) in [7, 11) is 1.25. The van der Waals surface area contributed by atoms with E-state index in [2.05, 4.69) is 10.1 Å². The highest BCUT2D eigenvalue weighted by Crippen LogP contribution is 2.24. The summed E-state index contributed by atoms with van der Waals surface area (Å²) in [4.78, 5) is 11.4. The zero-order chi connectivity index (χ0) is 15.2. The number of alkyl halides is 3. The number of nitrogens with one attached hydrogen (secondary N) is 1. The summed E-state index contributed by atoms with van der Waals surface area (Å²) in [5, 5.41) is 2.92. The molecule has 0 saturated heterocycles. The van der Waals surface area contributed by atoms with Gasteiger partial charge in [-0.2, -0.15) is 13.2 Å². The number of hydrogen-bond acceptors (Lipinski definition) is 4. The molecule has 0 unspecified atom stereocenters. The van der Waals surface area contributed by atoms with E-state index >= 15 is 0 Å². The van der Waals surface area contributed by atoms with Crippen LogP contribution < -0.4 is 11.1 Å². The molecule has 0 heterocycles. The Balaban J connectivity index is 2.51. The first-order chi connectivity index (χ1) is 9.35. The molecule has 3 N–H and O–H groups in total. The fourth-order valence-electron chi connectivity index (χ4n) is 1.68. The molecular weight excluding hydrogens is 273 g/mol. The predicted molar refractivity (Wildman–Crippen MR) is 70.6 cm³/mol. The molecule has 0 radical (unpaired) electrons. The monoisotopic (exact) mass is 290 g/mol. The topological polar surface area (TPSA) is 64.3 Å². The molecule has 1 aromatic rings. The molecule has 0 saturated carbocycles. The Hall–Kier alpha value is -1.92. The van der Waals surface area contributed by atoms with E-state index in [1.165, 1.54) is 13.2 Å². The molecule has 7 heteroatoms. The molecule has 0 aromatic heterocycles. The van der Waals surface area contributed by atoms with Gasteiger partial charge in [-0.05, 0) is 25.0 Å². The van der Waals surface area contributed by atoms with Crippen molar-refractivity contribution >= 4 is 17.3 Å². The first-order valence-electron chi connectivity index (χ1n) is 6.12. The molecular formula is C13H17F3N2O2. The minimum atomic E-state index is -4.12. The summed E-state index contributed by atoms with van der Waals surface area (Å²) in [5.41, 5.74) is 6.78. The average Bonchev–Trinajstić information content (AvgIpc) is 2.38. The lowest BCUT2D eigenvalue weighted by Crippen LogP contribution is -2.11. The third-order valence-corrected chi connectivity index (χ3v) is 2.71. The number of carbonyl (C=O) groups excluding carboxylic acids is 1. The second kappa shape index (κ2) is 7.02. The molecule has 0 amide bonds. The van der Waals surface area contributed by atoms with Crippen LogP contribution in [0.5, 0.6) is 0 Å². The van der Waals surface area contributed by atoms with Crippen molar-refractivity contribution in [2.45, 2.75) is 25.4 Å². The molecule has 1 rings (SSSR count). The lowest BCUT2D eigenvalue weighted by Gasteiger charge is -2.12. The number of esters is 1. The first-order valence-corrected chi connectivity index (χ1v) is 6.12. The predicted octanol–water partition coefficient (Wildman–Crippen LogP) is 3.20. The average molecular weight is 290 g/mol. The SMILES string of the molecule is COC(=O)c1cccc(NCCCCC(F)(F)F)c1N. The normalized spacial score (nSPS) is 11.2. The number of ether oxygens (including phenoxy) is 1. The summed E-state index contributed by atoms with van der Waals surface area (Å²) >= 11 is 0. The van der Waals surface area contributed by atoms with E-state index in [1.807, 2.05) is 0 Å². The second-order valence-electron chi connectivity index (χ2n) is 4.26. The minimum absolute atomic E-state index is 0.0487. The van der Waals surface area contributed by atoms with Gasteiger partial charge in [-0.1, -0.05) is 6.07 Å². The quantitative estimate of drug-likeness (QED) is 0.480. The van der Waals surface area contributed by atoms with Crippen molar-refractivity contribution in [2.75, 3.05) is 24.7 Å². The van der Waals surface area contributed by atoms with Gasteiger partial charge in [0.1, 0.15) is 0 Å². The van der Waals surface area contributed by atoms with Crippen molar-refractivity contribution in [1.82, 2.24) is 0 Å². The van der Waals surface area contributed by atoms with Crippen molar-refractivity contribution in [1.29, 1.82) is 0 Å². The Bertz CT molecular complexity index is 461. The van der Waals surface area contributed by atoms with Crippen LogP contribution in [-0.2, 0) is 4.74 Å². The van der Waals surface area contributed by atoms with Crippen molar-refractivity contribution in [3.05, 3.63) is 23.8 Å². The molecule has 0 aliphatic rings. The van der Waals surface area contributed by atoms with Gasteiger partial charge in [0.15, 0.2) is 0 Å². The van der Waals surface area contributed by atoms with Gasteiger partial charge < -0.3 is 15.8 Å². The number of nitrogen functional groups attached to an aromatic ring is 1. The van der Waals surface area contributed by atoms with Crippen molar-refractivity contribution < 1.29 is 22.7 Å². The van der Waals surface area contributed by atoms with Crippen LogP contribution in [0.1, 0.15) is 29.6 Å². The Kier molecular flexibility index (Phi) is 5.66. The number of benzene rings is 1. The van der Waals surface area contributed by atoms with Crippen LogP contribution in [0.25, 0.3) is 0 Å². The van der Waals surface area contributed by atoms with Gasteiger partial charge in [-0.3, -0.25) is 0 Å². The van der Waals surface area contributed by atoms with E-state index in [4.69, 9.17) is 5.73 Å². The van der Waals surface area contributed by atoms with Crippen molar-refractivity contribution in [3.63, 3.8) is 0 Å². The summed E-state index contributed by atoms with van der Waals surface area (Å²) in [6.07, 6.45) is -4.51. The smallest absolute Gasteiger partial charge is 0.389 e. The van der Waals surface area contributed by atoms with Gasteiger partial charge in [0.2, 0.25) is 0 Å². The second-order valence-corrected chi connectivity index (χ2v) is 4.26. The largest absolute Gasteiger partial charge is 0.465 e. The van der Waals surface area contributed by atoms with E-state index in [9.17, 15) is 18.0 Å². The lowest BCUT2D eigenvalue weighted by atomic mass is 10.1. The highest BCUT2D eigenvalue weighted by molar-refractivity contribution is 5.98. The van der Waals surface area contributed by atoms with E-state index < -0.39 is 18.6 Å². The van der Waals surface area contributed by atoms with Crippen LogP contribution in [0.3, 0.4) is 0 Å². The van der Waals surface area contributed by atoms with Crippen LogP contribution in [0.2, 0.25) is 0 Å². The number of hydrogen-bond donors (Lipinski definition) is 2. The number of anilines is 2. The minimum Gasteiger partial charge on any atom is -0.465 e. The molecule has 0 fully saturated rings. The number of unbranched alkanes of at least 4 members (excludes halogenated alkanes) is 1. The maximum Gasteiger partial charge on any atom is 0.389 e. The standard InChI is InChI=1S/C13H17F3N2O2/c1-20-12(19)9-5-4-6-10(11(9)17)18-8-3-2-7-13(14,15)16/h4-6,18H,2-3,7-8,17H2,1H3. The molecule has 0 aliphatic heterocycles. The summed E-state index contributed by atoms with van der Waals surface area (Å²) in [5.74, 6) is -0.553. The van der Waals surface area contributed by atoms with Crippen molar-refractivity contribution in [2.24, 2.45) is 0 Å². The van der Waals surface area contributed by atoms with Crippen LogP contribution in [0, 0.1) is 0 Å². The number of carbonyl (C=O) groups is 1. The summed E-state index contributed by atoms with van der Waals surface area (Å²) < 4.78 is 40.5. The Morgan fingerprint density at radius 1 is 1.35 bits per heavy atom. The molecule has 0 spiro atoms. The highest BCUT2D eigenvalue weighted by atomic mass is 19.4. The number of rotatable bonds is 6. The Morgan fingerprint density at radius 3 is 2.65 bits per heavy atom. The third-order valence-electron chi connectivity index (χ3n) is 2.71.